The molecular weight excluding hydrogens is 254 g/mol. The van der Waals surface area contributed by atoms with E-state index in [9.17, 15) is 0 Å². The molecule has 3 rings (SSSR count). The first-order chi connectivity index (χ1) is 9.76. The SMILES string of the molecule is CCCNC(C)CCc1nc(C2CC3CCC2O3)no1. The van der Waals surface area contributed by atoms with Crippen molar-refractivity contribution in [2.45, 2.75) is 76.5 Å². The van der Waals surface area contributed by atoms with Crippen LogP contribution in [-0.4, -0.2) is 34.9 Å². The Hall–Kier alpha value is -0.940. The van der Waals surface area contributed by atoms with E-state index < -0.39 is 0 Å². The predicted octanol–water partition coefficient (Wildman–Crippen LogP) is 2.43. The van der Waals surface area contributed by atoms with Crippen LogP contribution in [0.25, 0.3) is 0 Å². The molecule has 1 N–H and O–H groups in total. The summed E-state index contributed by atoms with van der Waals surface area (Å²) in [6.07, 6.45) is 7.24. The maximum absolute atomic E-state index is 5.86. The molecular formula is C15H25N3O2. The summed E-state index contributed by atoms with van der Waals surface area (Å²) >= 11 is 0. The summed E-state index contributed by atoms with van der Waals surface area (Å²) in [5.41, 5.74) is 0. The summed E-state index contributed by atoms with van der Waals surface area (Å²) in [5, 5.41) is 7.65. The van der Waals surface area contributed by atoms with Crippen LogP contribution in [0.15, 0.2) is 4.52 Å². The average Bonchev–Trinajstić information content (AvgIpc) is 3.17. The van der Waals surface area contributed by atoms with E-state index >= 15 is 0 Å². The Morgan fingerprint density at radius 1 is 1.40 bits per heavy atom. The molecule has 0 spiro atoms. The highest BCUT2D eigenvalue weighted by Gasteiger charge is 2.43. The number of rotatable bonds is 7. The van der Waals surface area contributed by atoms with Crippen molar-refractivity contribution in [3.05, 3.63) is 11.7 Å². The van der Waals surface area contributed by atoms with Gasteiger partial charge in [-0.15, -0.1) is 0 Å². The summed E-state index contributed by atoms with van der Waals surface area (Å²) in [7, 11) is 0. The van der Waals surface area contributed by atoms with Gasteiger partial charge >= 0.3 is 0 Å². The molecule has 2 aliphatic rings. The molecule has 4 unspecified atom stereocenters. The van der Waals surface area contributed by atoms with Crippen LogP contribution in [0.3, 0.4) is 0 Å². The molecule has 5 heteroatoms. The minimum Gasteiger partial charge on any atom is -0.374 e. The van der Waals surface area contributed by atoms with Gasteiger partial charge in [-0.1, -0.05) is 12.1 Å². The van der Waals surface area contributed by atoms with Crippen LogP contribution >= 0.6 is 0 Å². The molecule has 0 radical (unpaired) electrons. The maximum atomic E-state index is 5.86. The molecule has 4 atom stereocenters. The van der Waals surface area contributed by atoms with Gasteiger partial charge in [-0.05, 0) is 45.6 Å². The van der Waals surface area contributed by atoms with Crippen molar-refractivity contribution in [3.8, 4) is 0 Å². The first-order valence-electron chi connectivity index (χ1n) is 7.97. The number of nitrogens with one attached hydrogen (secondary N) is 1. The van der Waals surface area contributed by atoms with Crippen LogP contribution in [-0.2, 0) is 11.2 Å². The fraction of sp³-hybridized carbons (Fsp3) is 0.867. The van der Waals surface area contributed by atoms with E-state index in [1.165, 1.54) is 12.8 Å². The number of fused-ring (bicyclic) bond motifs is 2. The molecule has 2 fully saturated rings. The highest BCUT2D eigenvalue weighted by Crippen LogP contribution is 2.43. The van der Waals surface area contributed by atoms with E-state index in [0.717, 1.165) is 43.9 Å². The number of hydrogen-bond acceptors (Lipinski definition) is 5. The maximum Gasteiger partial charge on any atom is 0.226 e. The lowest BCUT2D eigenvalue weighted by molar-refractivity contribution is 0.0996. The second kappa shape index (κ2) is 6.22. The first kappa shape index (κ1) is 14.0. The Kier molecular flexibility index (Phi) is 4.36. The van der Waals surface area contributed by atoms with E-state index in [4.69, 9.17) is 9.26 Å². The van der Waals surface area contributed by atoms with Crippen LogP contribution in [0.2, 0.25) is 0 Å². The number of ether oxygens (including phenoxy) is 1. The standard InChI is InChI=1S/C15H25N3O2/c1-3-8-16-10(2)4-7-14-17-15(18-20-14)12-9-11-5-6-13(12)19-11/h10-13,16H,3-9H2,1-2H3. The number of aryl methyl sites for hydroxylation is 1. The van der Waals surface area contributed by atoms with Gasteiger partial charge in [0.2, 0.25) is 5.89 Å². The fourth-order valence-corrected chi connectivity index (χ4v) is 3.26. The van der Waals surface area contributed by atoms with Crippen molar-refractivity contribution in [2.75, 3.05) is 6.54 Å². The van der Waals surface area contributed by atoms with Crippen molar-refractivity contribution >= 4 is 0 Å². The summed E-state index contributed by atoms with van der Waals surface area (Å²) in [4.78, 5) is 4.58. The van der Waals surface area contributed by atoms with Crippen LogP contribution < -0.4 is 5.32 Å². The average molecular weight is 279 g/mol. The molecule has 112 valence electrons. The lowest BCUT2D eigenvalue weighted by Crippen LogP contribution is -2.27. The molecule has 5 nitrogen and oxygen atoms in total. The molecule has 0 aliphatic carbocycles. The highest BCUT2D eigenvalue weighted by atomic mass is 16.5. The van der Waals surface area contributed by atoms with E-state index in [-0.39, 0.29) is 0 Å². The lowest BCUT2D eigenvalue weighted by Gasteiger charge is -2.13. The van der Waals surface area contributed by atoms with Gasteiger partial charge in [0.1, 0.15) is 0 Å². The first-order valence-corrected chi connectivity index (χ1v) is 7.97. The van der Waals surface area contributed by atoms with Gasteiger partial charge < -0.3 is 14.6 Å². The van der Waals surface area contributed by atoms with Crippen molar-refractivity contribution in [2.24, 2.45) is 0 Å². The van der Waals surface area contributed by atoms with Crippen LogP contribution in [0.5, 0.6) is 0 Å². The molecule has 1 aromatic heterocycles. The Labute approximate surface area is 120 Å². The molecule has 0 amide bonds. The number of hydrogen-bond donors (Lipinski definition) is 1. The third kappa shape index (κ3) is 3.04. The second-order valence-corrected chi connectivity index (χ2v) is 6.16. The summed E-state index contributed by atoms with van der Waals surface area (Å²) in [5.74, 6) is 2.00. The molecule has 0 aromatic carbocycles. The second-order valence-electron chi connectivity index (χ2n) is 6.16. The van der Waals surface area contributed by atoms with Gasteiger partial charge in [-0.2, -0.15) is 4.98 Å². The van der Waals surface area contributed by atoms with Crippen molar-refractivity contribution < 1.29 is 9.26 Å². The molecule has 20 heavy (non-hydrogen) atoms. The Morgan fingerprint density at radius 2 is 2.30 bits per heavy atom. The molecule has 0 saturated carbocycles. The lowest BCUT2D eigenvalue weighted by atomic mass is 9.89. The molecule has 2 bridgehead atoms. The monoisotopic (exact) mass is 279 g/mol. The Morgan fingerprint density at radius 3 is 3.00 bits per heavy atom. The smallest absolute Gasteiger partial charge is 0.226 e. The third-order valence-corrected chi connectivity index (χ3v) is 4.46. The van der Waals surface area contributed by atoms with Crippen LogP contribution in [0.1, 0.15) is 63.6 Å². The van der Waals surface area contributed by atoms with E-state index in [2.05, 4.69) is 29.3 Å². The van der Waals surface area contributed by atoms with Gasteiger partial charge in [-0.3, -0.25) is 0 Å². The number of aromatic nitrogens is 2. The zero-order valence-corrected chi connectivity index (χ0v) is 12.5. The van der Waals surface area contributed by atoms with Gasteiger partial charge in [-0.25, -0.2) is 0 Å². The highest BCUT2D eigenvalue weighted by molar-refractivity contribution is 5.06. The third-order valence-electron chi connectivity index (χ3n) is 4.46. The predicted molar refractivity (Wildman–Crippen MR) is 75.6 cm³/mol. The van der Waals surface area contributed by atoms with Gasteiger partial charge in [0.15, 0.2) is 5.82 Å². The van der Waals surface area contributed by atoms with Crippen molar-refractivity contribution in [1.82, 2.24) is 15.5 Å². The van der Waals surface area contributed by atoms with Crippen LogP contribution in [0.4, 0.5) is 0 Å². The molecule has 2 aliphatic heterocycles. The van der Waals surface area contributed by atoms with Gasteiger partial charge in [0.05, 0.1) is 18.1 Å². The fourth-order valence-electron chi connectivity index (χ4n) is 3.26. The Balaban J connectivity index is 1.50. The summed E-state index contributed by atoms with van der Waals surface area (Å²) < 4.78 is 11.3. The zero-order valence-electron chi connectivity index (χ0n) is 12.5. The van der Waals surface area contributed by atoms with Gasteiger partial charge in [0, 0.05) is 12.5 Å². The minimum absolute atomic E-state index is 0.329. The Bertz CT molecular complexity index is 435. The summed E-state index contributed by atoms with van der Waals surface area (Å²) in [6, 6.07) is 0.496. The molecule has 3 heterocycles. The summed E-state index contributed by atoms with van der Waals surface area (Å²) in [6.45, 7) is 5.46. The van der Waals surface area contributed by atoms with Gasteiger partial charge in [0.25, 0.3) is 0 Å². The zero-order chi connectivity index (χ0) is 13.9. The minimum atomic E-state index is 0.329. The normalized spacial score (nSPS) is 30.0. The van der Waals surface area contributed by atoms with Crippen molar-refractivity contribution in [1.29, 1.82) is 0 Å². The van der Waals surface area contributed by atoms with E-state index in [1.807, 2.05) is 0 Å². The number of nitrogens with zero attached hydrogens (tertiary/aromatic N) is 2. The molecule has 1 aromatic rings. The topological polar surface area (TPSA) is 60.2 Å². The van der Waals surface area contributed by atoms with E-state index in [0.29, 0.717) is 24.2 Å². The van der Waals surface area contributed by atoms with E-state index in [1.54, 1.807) is 0 Å². The van der Waals surface area contributed by atoms with Crippen molar-refractivity contribution in [3.63, 3.8) is 0 Å². The molecule has 2 saturated heterocycles. The van der Waals surface area contributed by atoms with Crippen LogP contribution in [0, 0.1) is 0 Å². The largest absolute Gasteiger partial charge is 0.374 e. The quantitative estimate of drug-likeness (QED) is 0.830.